The molecule has 0 fully saturated rings. The predicted molar refractivity (Wildman–Crippen MR) is 129 cm³/mol. The molecule has 0 spiro atoms. The van der Waals surface area contributed by atoms with Crippen molar-refractivity contribution in [2.75, 3.05) is 5.75 Å². The number of aromatic nitrogens is 5. The number of rotatable bonds is 10. The number of thiazole rings is 1. The van der Waals surface area contributed by atoms with Gasteiger partial charge in [0.1, 0.15) is 6.54 Å². The fourth-order valence-electron chi connectivity index (χ4n) is 2.69. The molecular formula is C19H20Cl2N6O2S3. The van der Waals surface area contributed by atoms with Crippen LogP contribution in [0.2, 0.25) is 10.0 Å². The molecule has 32 heavy (non-hydrogen) atoms. The fraction of sp³-hybridized carbons (Fsp3) is 0.368. The summed E-state index contributed by atoms with van der Waals surface area (Å²) in [7, 11) is 0. The van der Waals surface area contributed by atoms with Gasteiger partial charge < -0.3 is 5.32 Å². The van der Waals surface area contributed by atoms with Crippen molar-refractivity contribution < 1.29 is 9.59 Å². The van der Waals surface area contributed by atoms with E-state index in [0.29, 0.717) is 32.3 Å². The molecule has 0 aliphatic carbocycles. The standard InChI is InChI=1S/C19H20Cl2N6O2S3/c1-3-14(23-19(29)30-8-7-16-11(2)22-10-31-16)15(28)9-27-18(24-25-26-27)32-17-12(20)5-4-6-13(17)21/h4-6,10,14H,3,7-9H2,1-2H3,(H,23,29). The highest BCUT2D eigenvalue weighted by atomic mass is 35.5. The van der Waals surface area contributed by atoms with Crippen LogP contribution < -0.4 is 5.32 Å². The van der Waals surface area contributed by atoms with E-state index in [1.54, 1.807) is 35.0 Å². The summed E-state index contributed by atoms with van der Waals surface area (Å²) in [4.78, 5) is 31.1. The molecule has 13 heteroatoms. The zero-order valence-electron chi connectivity index (χ0n) is 17.2. The van der Waals surface area contributed by atoms with Crippen molar-refractivity contribution >= 4 is 69.1 Å². The van der Waals surface area contributed by atoms with Gasteiger partial charge in [-0.25, -0.2) is 9.67 Å². The minimum atomic E-state index is -0.633. The van der Waals surface area contributed by atoms with Gasteiger partial charge >= 0.3 is 0 Å². The maximum Gasteiger partial charge on any atom is 0.279 e. The molecule has 2 aromatic heterocycles. The van der Waals surface area contributed by atoms with E-state index in [1.165, 1.54) is 16.4 Å². The molecule has 8 nitrogen and oxygen atoms in total. The highest BCUT2D eigenvalue weighted by Crippen LogP contribution is 2.37. The molecule has 0 bridgehead atoms. The van der Waals surface area contributed by atoms with Gasteiger partial charge in [0.25, 0.3) is 5.24 Å². The maximum absolute atomic E-state index is 12.8. The first kappa shape index (κ1) is 25.0. The highest BCUT2D eigenvalue weighted by molar-refractivity contribution is 8.13. The van der Waals surface area contributed by atoms with Crippen LogP contribution >= 0.6 is 58.1 Å². The van der Waals surface area contributed by atoms with Gasteiger partial charge in [-0.2, -0.15) is 0 Å². The second kappa shape index (κ2) is 12.0. The first-order valence-electron chi connectivity index (χ1n) is 9.62. The Bertz CT molecular complexity index is 1070. The van der Waals surface area contributed by atoms with E-state index in [9.17, 15) is 9.59 Å². The molecule has 170 valence electrons. The van der Waals surface area contributed by atoms with Gasteiger partial charge in [0.2, 0.25) is 5.16 Å². The quantitative estimate of drug-likeness (QED) is 0.393. The zero-order valence-corrected chi connectivity index (χ0v) is 21.2. The van der Waals surface area contributed by atoms with Gasteiger partial charge in [-0.1, -0.05) is 48.0 Å². The number of halogens is 2. The van der Waals surface area contributed by atoms with Crippen LogP contribution in [-0.2, 0) is 17.8 Å². The third-order valence-electron chi connectivity index (χ3n) is 4.41. The van der Waals surface area contributed by atoms with Crippen LogP contribution in [0, 0.1) is 6.92 Å². The summed E-state index contributed by atoms with van der Waals surface area (Å²) in [5.41, 5.74) is 2.79. The average Bonchev–Trinajstić information content (AvgIpc) is 3.37. The Labute approximate surface area is 207 Å². The predicted octanol–water partition coefficient (Wildman–Crippen LogP) is 4.93. The van der Waals surface area contributed by atoms with E-state index in [1.807, 2.05) is 13.8 Å². The van der Waals surface area contributed by atoms with Crippen LogP contribution in [0.3, 0.4) is 0 Å². The molecule has 3 rings (SSSR count). The van der Waals surface area contributed by atoms with Crippen LogP contribution in [-0.4, -0.2) is 48.0 Å². The summed E-state index contributed by atoms with van der Waals surface area (Å²) in [5, 5.41) is 15.4. The molecular weight excluding hydrogens is 511 g/mol. The Hall–Kier alpha value is -1.66. The number of ketones is 1. The van der Waals surface area contributed by atoms with E-state index in [0.717, 1.165) is 28.8 Å². The number of benzene rings is 1. The Morgan fingerprint density at radius 2 is 2.03 bits per heavy atom. The number of hydrogen-bond acceptors (Lipinski definition) is 9. The van der Waals surface area contributed by atoms with Crippen molar-refractivity contribution in [2.45, 2.75) is 49.3 Å². The van der Waals surface area contributed by atoms with Crippen molar-refractivity contribution in [2.24, 2.45) is 0 Å². The van der Waals surface area contributed by atoms with Crippen molar-refractivity contribution in [1.82, 2.24) is 30.5 Å². The van der Waals surface area contributed by atoms with Crippen molar-refractivity contribution in [3.63, 3.8) is 0 Å². The molecule has 1 N–H and O–H groups in total. The number of Topliss-reactive ketones (excluding diaryl/α,β-unsaturated/α-hetero) is 1. The number of aryl methyl sites for hydroxylation is 2. The lowest BCUT2D eigenvalue weighted by atomic mass is 10.1. The molecule has 3 aromatic rings. The van der Waals surface area contributed by atoms with Crippen molar-refractivity contribution in [3.05, 3.63) is 44.3 Å². The number of carbonyl (C=O) groups excluding carboxylic acids is 2. The SMILES string of the molecule is CCC(NC(=O)SCCc1scnc1C)C(=O)Cn1nnnc1Sc1c(Cl)cccc1Cl. The second-order valence-corrected chi connectivity index (χ2v) is 10.4. The molecule has 0 radical (unpaired) electrons. The number of nitrogens with zero attached hydrogens (tertiary/aromatic N) is 5. The summed E-state index contributed by atoms with van der Waals surface area (Å²) in [6.07, 6.45) is 1.22. The molecule has 2 heterocycles. The maximum atomic E-state index is 12.8. The van der Waals surface area contributed by atoms with Crippen LogP contribution in [0.25, 0.3) is 0 Å². The van der Waals surface area contributed by atoms with E-state index in [-0.39, 0.29) is 17.6 Å². The highest BCUT2D eigenvalue weighted by Gasteiger charge is 2.22. The number of hydrogen-bond donors (Lipinski definition) is 1. The summed E-state index contributed by atoms with van der Waals surface area (Å²) >= 11 is 16.3. The van der Waals surface area contributed by atoms with Crippen LogP contribution in [0.1, 0.15) is 23.9 Å². The van der Waals surface area contributed by atoms with Crippen LogP contribution in [0.4, 0.5) is 4.79 Å². The summed E-state index contributed by atoms with van der Waals surface area (Å²) in [6.45, 7) is 3.71. The molecule has 0 saturated carbocycles. The van der Waals surface area contributed by atoms with Crippen LogP contribution in [0.15, 0.2) is 33.8 Å². The third kappa shape index (κ3) is 6.67. The van der Waals surface area contributed by atoms with Gasteiger partial charge in [-0.05, 0) is 54.1 Å². The summed E-state index contributed by atoms with van der Waals surface area (Å²) in [5.74, 6) is 0.422. The third-order valence-corrected chi connectivity index (χ3v) is 8.17. The number of amides is 1. The Morgan fingerprint density at radius 3 is 2.69 bits per heavy atom. The summed E-state index contributed by atoms with van der Waals surface area (Å²) in [6, 6.07) is 4.54. The summed E-state index contributed by atoms with van der Waals surface area (Å²) < 4.78 is 1.38. The van der Waals surface area contributed by atoms with E-state index >= 15 is 0 Å². The minimum Gasteiger partial charge on any atom is -0.337 e. The monoisotopic (exact) mass is 530 g/mol. The molecule has 0 aliphatic rings. The second-order valence-electron chi connectivity index (χ2n) is 6.59. The minimum absolute atomic E-state index is 0.0824. The largest absolute Gasteiger partial charge is 0.337 e. The number of nitrogens with one attached hydrogen (secondary N) is 1. The van der Waals surface area contributed by atoms with Gasteiger partial charge in [-0.15, -0.1) is 16.4 Å². The van der Waals surface area contributed by atoms with Gasteiger partial charge in [0.05, 0.1) is 32.2 Å². The molecule has 1 atom stereocenters. The zero-order chi connectivity index (χ0) is 23.1. The van der Waals surface area contributed by atoms with Crippen LogP contribution in [0.5, 0.6) is 0 Å². The number of tetrazole rings is 1. The smallest absolute Gasteiger partial charge is 0.279 e. The lowest BCUT2D eigenvalue weighted by Crippen LogP contribution is -2.40. The van der Waals surface area contributed by atoms with Gasteiger partial charge in [0.15, 0.2) is 5.78 Å². The van der Waals surface area contributed by atoms with Crippen molar-refractivity contribution in [3.8, 4) is 0 Å². The molecule has 1 aromatic carbocycles. The van der Waals surface area contributed by atoms with Crippen molar-refractivity contribution in [1.29, 1.82) is 0 Å². The molecule has 0 saturated heterocycles. The Morgan fingerprint density at radius 1 is 1.28 bits per heavy atom. The lowest BCUT2D eigenvalue weighted by molar-refractivity contribution is -0.121. The molecule has 1 unspecified atom stereocenters. The fourth-order valence-corrected chi connectivity index (χ4v) is 5.75. The van der Waals surface area contributed by atoms with E-state index < -0.39 is 6.04 Å². The molecule has 1 amide bonds. The molecule has 0 aliphatic heterocycles. The van der Waals surface area contributed by atoms with Gasteiger partial charge in [-0.3, -0.25) is 9.59 Å². The van der Waals surface area contributed by atoms with E-state index in [2.05, 4.69) is 25.8 Å². The Balaban J connectivity index is 1.55. The topological polar surface area (TPSA) is 103 Å². The van der Waals surface area contributed by atoms with Gasteiger partial charge in [0, 0.05) is 10.6 Å². The first-order chi connectivity index (χ1) is 15.4. The lowest BCUT2D eigenvalue weighted by Gasteiger charge is -2.15. The number of carbonyl (C=O) groups is 2. The normalized spacial score (nSPS) is 12.0. The van der Waals surface area contributed by atoms with E-state index in [4.69, 9.17) is 23.2 Å². The first-order valence-corrected chi connectivity index (χ1v) is 13.1. The Kier molecular flexibility index (Phi) is 9.35. The average molecular weight is 532 g/mol. The number of thioether (sulfide) groups is 1.